The topological polar surface area (TPSA) is 34.1 Å². The first kappa shape index (κ1) is 14.1. The Morgan fingerprint density at radius 3 is 2.68 bits per heavy atom. The highest BCUT2D eigenvalue weighted by molar-refractivity contribution is 5.19. The summed E-state index contributed by atoms with van der Waals surface area (Å²) in [5, 5.41) is 3.33. The number of rotatable bonds is 7. The van der Waals surface area contributed by atoms with Gasteiger partial charge in [0.1, 0.15) is 5.75 Å². The molecule has 0 spiro atoms. The minimum atomic E-state index is -4.11. The third kappa shape index (κ3) is 5.92. The maximum absolute atomic E-state index is 11.9. The molecule has 19 heavy (non-hydrogen) atoms. The Morgan fingerprint density at radius 1 is 1.32 bits per heavy atom. The van der Waals surface area contributed by atoms with Crippen LogP contribution in [0.5, 0.6) is 5.75 Å². The number of nitrogens with zero attached hydrogens (tertiary/aromatic N) is 1. The van der Waals surface area contributed by atoms with Crippen molar-refractivity contribution in [2.75, 3.05) is 6.61 Å². The Kier molecular flexibility index (Phi) is 4.63. The van der Waals surface area contributed by atoms with E-state index < -0.39 is 12.6 Å². The van der Waals surface area contributed by atoms with Crippen LogP contribution in [0.2, 0.25) is 0 Å². The molecule has 1 aromatic rings. The highest BCUT2D eigenvalue weighted by Crippen LogP contribution is 2.21. The van der Waals surface area contributed by atoms with E-state index in [-0.39, 0.29) is 13.0 Å². The smallest absolute Gasteiger partial charge is 0.389 e. The zero-order valence-corrected chi connectivity index (χ0v) is 10.5. The van der Waals surface area contributed by atoms with Crippen LogP contribution in [-0.4, -0.2) is 23.8 Å². The van der Waals surface area contributed by atoms with Gasteiger partial charge in [-0.1, -0.05) is 0 Å². The van der Waals surface area contributed by atoms with E-state index in [0.717, 1.165) is 12.2 Å². The summed E-state index contributed by atoms with van der Waals surface area (Å²) in [5.41, 5.74) is 0.912. The molecule has 0 amide bonds. The molecule has 2 rings (SSSR count). The van der Waals surface area contributed by atoms with Gasteiger partial charge >= 0.3 is 6.18 Å². The number of hydrogen-bond donors (Lipinski definition) is 1. The van der Waals surface area contributed by atoms with Crippen molar-refractivity contribution in [2.24, 2.45) is 0 Å². The number of aromatic nitrogens is 1. The number of nitrogens with one attached hydrogen (secondary N) is 1. The van der Waals surface area contributed by atoms with Gasteiger partial charge in [-0.25, -0.2) is 0 Å². The van der Waals surface area contributed by atoms with Gasteiger partial charge in [0.25, 0.3) is 0 Å². The van der Waals surface area contributed by atoms with Crippen molar-refractivity contribution in [3.63, 3.8) is 0 Å². The van der Waals surface area contributed by atoms with Crippen LogP contribution >= 0.6 is 0 Å². The minimum Gasteiger partial charge on any atom is -0.492 e. The van der Waals surface area contributed by atoms with Crippen LogP contribution in [0.1, 0.15) is 31.4 Å². The molecule has 0 aliphatic heterocycles. The first-order chi connectivity index (χ1) is 9.03. The van der Waals surface area contributed by atoms with Crippen LogP contribution in [-0.2, 0) is 6.54 Å². The van der Waals surface area contributed by atoms with Gasteiger partial charge in [0.15, 0.2) is 0 Å². The van der Waals surface area contributed by atoms with Crippen LogP contribution in [0.15, 0.2) is 18.3 Å². The van der Waals surface area contributed by atoms with Crippen molar-refractivity contribution < 1.29 is 17.9 Å². The third-order valence-corrected chi connectivity index (χ3v) is 2.82. The van der Waals surface area contributed by atoms with E-state index in [9.17, 15) is 13.2 Å². The lowest BCUT2D eigenvalue weighted by Gasteiger charge is -2.08. The Balaban J connectivity index is 1.66. The Morgan fingerprint density at radius 2 is 2.11 bits per heavy atom. The third-order valence-electron chi connectivity index (χ3n) is 2.82. The summed E-state index contributed by atoms with van der Waals surface area (Å²) in [6, 6.07) is 4.19. The van der Waals surface area contributed by atoms with Crippen molar-refractivity contribution in [1.29, 1.82) is 0 Å². The summed E-state index contributed by atoms with van der Waals surface area (Å²) in [7, 11) is 0. The van der Waals surface area contributed by atoms with Crippen molar-refractivity contribution in [2.45, 2.75) is 44.4 Å². The maximum atomic E-state index is 11.9. The predicted octanol–water partition coefficient (Wildman–Crippen LogP) is 3.05. The molecule has 106 valence electrons. The lowest BCUT2D eigenvalue weighted by atomic mass is 10.3. The summed E-state index contributed by atoms with van der Waals surface area (Å²) in [6.07, 6.45) is -0.962. The monoisotopic (exact) mass is 274 g/mol. The Labute approximate surface area is 110 Å². The summed E-state index contributed by atoms with van der Waals surface area (Å²) in [4.78, 5) is 4.20. The van der Waals surface area contributed by atoms with Crippen LogP contribution in [0.25, 0.3) is 0 Å². The number of ether oxygens (including phenoxy) is 1. The Hall–Kier alpha value is -1.30. The quantitative estimate of drug-likeness (QED) is 0.776. The molecule has 0 radical (unpaired) electrons. The minimum absolute atomic E-state index is 0.0332. The van der Waals surface area contributed by atoms with E-state index in [2.05, 4.69) is 10.3 Å². The highest BCUT2D eigenvalue weighted by atomic mass is 19.4. The molecule has 1 N–H and O–H groups in total. The second kappa shape index (κ2) is 6.23. The zero-order chi connectivity index (χ0) is 13.7. The number of pyridine rings is 1. The Bertz CT molecular complexity index is 388. The first-order valence-corrected chi connectivity index (χ1v) is 6.41. The molecule has 0 unspecified atom stereocenters. The van der Waals surface area contributed by atoms with Crippen molar-refractivity contribution in [3.05, 3.63) is 24.0 Å². The molecule has 1 aliphatic carbocycles. The first-order valence-electron chi connectivity index (χ1n) is 6.41. The molecule has 3 nitrogen and oxygen atoms in total. The standard InChI is InChI=1S/C13H17F3N2O/c14-13(15,16)6-1-7-19-12-5-4-11(18-9-12)8-17-10-2-3-10/h4-5,9-10,17H,1-3,6-8H2. The molecule has 1 fully saturated rings. The van der Waals surface area contributed by atoms with Crippen molar-refractivity contribution >= 4 is 0 Å². The highest BCUT2D eigenvalue weighted by Gasteiger charge is 2.26. The molecule has 1 aliphatic rings. The van der Waals surface area contributed by atoms with E-state index in [1.54, 1.807) is 12.3 Å². The molecule has 0 bridgehead atoms. The van der Waals surface area contributed by atoms with Gasteiger partial charge in [-0.3, -0.25) is 4.98 Å². The maximum Gasteiger partial charge on any atom is 0.389 e. The molecule has 1 heterocycles. The molecular formula is C13H17F3N2O. The molecule has 0 aromatic carbocycles. The van der Waals surface area contributed by atoms with E-state index in [1.807, 2.05) is 6.07 Å². The van der Waals surface area contributed by atoms with Crippen LogP contribution < -0.4 is 10.1 Å². The molecule has 6 heteroatoms. The fraction of sp³-hybridized carbons (Fsp3) is 0.615. The van der Waals surface area contributed by atoms with Gasteiger partial charge in [0.05, 0.1) is 18.5 Å². The van der Waals surface area contributed by atoms with Gasteiger partial charge in [-0.2, -0.15) is 13.2 Å². The molecule has 1 aromatic heterocycles. The summed E-state index contributed by atoms with van der Waals surface area (Å²) < 4.78 is 41.0. The molecule has 0 atom stereocenters. The average molecular weight is 274 g/mol. The van der Waals surface area contributed by atoms with Gasteiger partial charge < -0.3 is 10.1 Å². The SMILES string of the molecule is FC(F)(F)CCCOc1ccc(CNC2CC2)nc1. The second-order valence-electron chi connectivity index (χ2n) is 4.71. The van der Waals surface area contributed by atoms with Gasteiger partial charge in [0.2, 0.25) is 0 Å². The summed E-state index contributed by atoms with van der Waals surface area (Å²) >= 11 is 0. The largest absolute Gasteiger partial charge is 0.492 e. The fourth-order valence-electron chi connectivity index (χ4n) is 1.60. The average Bonchev–Trinajstić information content (AvgIpc) is 3.16. The van der Waals surface area contributed by atoms with Gasteiger partial charge in [-0.15, -0.1) is 0 Å². The summed E-state index contributed by atoms with van der Waals surface area (Å²) in [6.45, 7) is 0.778. The molecular weight excluding hydrogens is 257 g/mol. The normalized spacial score (nSPS) is 15.5. The van der Waals surface area contributed by atoms with Gasteiger partial charge in [-0.05, 0) is 31.4 Å². The van der Waals surface area contributed by atoms with Crippen LogP contribution in [0.3, 0.4) is 0 Å². The number of halogens is 3. The zero-order valence-electron chi connectivity index (χ0n) is 10.5. The van der Waals surface area contributed by atoms with E-state index in [4.69, 9.17) is 4.74 Å². The van der Waals surface area contributed by atoms with Crippen LogP contribution in [0, 0.1) is 0 Å². The lowest BCUT2D eigenvalue weighted by molar-refractivity contribution is -0.136. The van der Waals surface area contributed by atoms with Crippen molar-refractivity contribution in [3.8, 4) is 5.75 Å². The predicted molar refractivity (Wildman–Crippen MR) is 64.9 cm³/mol. The number of alkyl halides is 3. The molecule has 1 saturated carbocycles. The molecule has 0 saturated heterocycles. The fourth-order valence-corrected chi connectivity index (χ4v) is 1.60. The lowest BCUT2D eigenvalue weighted by Crippen LogP contribution is -2.16. The van der Waals surface area contributed by atoms with E-state index in [1.165, 1.54) is 12.8 Å². The van der Waals surface area contributed by atoms with Crippen LogP contribution in [0.4, 0.5) is 13.2 Å². The van der Waals surface area contributed by atoms with Gasteiger partial charge in [0, 0.05) is 19.0 Å². The number of hydrogen-bond acceptors (Lipinski definition) is 3. The van der Waals surface area contributed by atoms with E-state index >= 15 is 0 Å². The second-order valence-corrected chi connectivity index (χ2v) is 4.71. The van der Waals surface area contributed by atoms with E-state index in [0.29, 0.717) is 11.8 Å². The summed E-state index contributed by atoms with van der Waals surface area (Å²) in [5.74, 6) is 0.511. The van der Waals surface area contributed by atoms with Crippen molar-refractivity contribution in [1.82, 2.24) is 10.3 Å².